The molecule has 2 aromatic rings. The summed E-state index contributed by atoms with van der Waals surface area (Å²) in [4.78, 5) is 23.6. The van der Waals surface area contributed by atoms with Crippen molar-refractivity contribution in [2.75, 3.05) is 11.9 Å². The van der Waals surface area contributed by atoms with E-state index in [9.17, 15) is 28.1 Å². The monoisotopic (exact) mass is 352 g/mol. The van der Waals surface area contributed by atoms with E-state index < -0.39 is 34.2 Å². The zero-order valence-corrected chi connectivity index (χ0v) is 13.4. The molecule has 1 amide bonds. The van der Waals surface area contributed by atoms with Gasteiger partial charge in [-0.25, -0.2) is 0 Å². The maximum absolute atomic E-state index is 13.0. The molecule has 1 atom stereocenters. The van der Waals surface area contributed by atoms with E-state index >= 15 is 0 Å². The number of alkyl halides is 3. The average molecular weight is 352 g/mol. The molecule has 25 heavy (non-hydrogen) atoms. The number of hydrogen-bond acceptors (Lipinski definition) is 3. The van der Waals surface area contributed by atoms with Crippen molar-refractivity contribution in [1.29, 1.82) is 0 Å². The van der Waals surface area contributed by atoms with Crippen molar-refractivity contribution in [1.82, 2.24) is 0 Å². The van der Waals surface area contributed by atoms with Gasteiger partial charge in [-0.05, 0) is 18.6 Å². The summed E-state index contributed by atoms with van der Waals surface area (Å²) in [5, 5.41) is 10.9. The Bertz CT molecular complexity index is 791. The van der Waals surface area contributed by atoms with Gasteiger partial charge in [0.25, 0.3) is 5.69 Å². The Kier molecular flexibility index (Phi) is 5.10. The molecule has 0 aliphatic rings. The van der Waals surface area contributed by atoms with Gasteiger partial charge in [0.05, 0.1) is 22.1 Å². The van der Waals surface area contributed by atoms with Gasteiger partial charge in [0.1, 0.15) is 0 Å². The topological polar surface area (TPSA) is 63.5 Å². The normalized spacial score (nSPS) is 12.5. The number of halogens is 3. The first-order valence-corrected chi connectivity index (χ1v) is 7.30. The molecule has 0 spiro atoms. The van der Waals surface area contributed by atoms with Gasteiger partial charge in [0, 0.05) is 19.2 Å². The maximum Gasteiger partial charge on any atom is 0.416 e. The lowest BCUT2D eigenvalue weighted by atomic mass is 9.99. The first-order valence-electron chi connectivity index (χ1n) is 7.30. The largest absolute Gasteiger partial charge is 0.416 e. The van der Waals surface area contributed by atoms with Crippen LogP contribution in [0.2, 0.25) is 0 Å². The van der Waals surface area contributed by atoms with Crippen molar-refractivity contribution in [2.24, 2.45) is 0 Å². The second-order valence-corrected chi connectivity index (χ2v) is 5.52. The molecule has 0 bridgehead atoms. The van der Waals surface area contributed by atoms with Crippen LogP contribution in [0, 0.1) is 10.1 Å². The molecule has 2 aromatic carbocycles. The van der Waals surface area contributed by atoms with Crippen molar-refractivity contribution < 1.29 is 22.9 Å². The van der Waals surface area contributed by atoms with Crippen LogP contribution in [0.1, 0.15) is 24.0 Å². The van der Waals surface area contributed by atoms with Gasteiger partial charge in [-0.1, -0.05) is 30.3 Å². The van der Waals surface area contributed by atoms with Crippen LogP contribution in [-0.4, -0.2) is 17.9 Å². The van der Waals surface area contributed by atoms with E-state index in [1.165, 1.54) is 7.05 Å². The van der Waals surface area contributed by atoms with Crippen molar-refractivity contribution in [2.45, 2.75) is 19.0 Å². The van der Waals surface area contributed by atoms with E-state index in [0.29, 0.717) is 11.6 Å². The number of nitro groups is 1. The van der Waals surface area contributed by atoms with Gasteiger partial charge in [-0.2, -0.15) is 13.2 Å². The summed E-state index contributed by atoms with van der Waals surface area (Å²) in [7, 11) is 1.29. The third-order valence-corrected chi connectivity index (χ3v) is 3.83. The molecule has 0 aromatic heterocycles. The molecule has 0 saturated carbocycles. The lowest BCUT2D eigenvalue weighted by Gasteiger charge is -2.22. The van der Waals surface area contributed by atoms with Gasteiger partial charge < -0.3 is 4.90 Å². The summed E-state index contributed by atoms with van der Waals surface area (Å²) in [6, 6.07) is 10.8. The van der Waals surface area contributed by atoms with Crippen molar-refractivity contribution >= 4 is 17.3 Å². The smallest absolute Gasteiger partial charge is 0.315 e. The van der Waals surface area contributed by atoms with Crippen LogP contribution in [0.3, 0.4) is 0 Å². The Labute approximate surface area is 141 Å². The molecule has 132 valence electrons. The number of nitrogens with zero attached hydrogens (tertiary/aromatic N) is 2. The van der Waals surface area contributed by atoms with Crippen LogP contribution in [0.15, 0.2) is 48.5 Å². The molecule has 0 radical (unpaired) electrons. The van der Waals surface area contributed by atoms with Gasteiger partial charge in [0.15, 0.2) is 0 Å². The fourth-order valence-electron chi connectivity index (χ4n) is 2.36. The number of carbonyl (C=O) groups excluding carboxylic acids is 1. The molecule has 8 heteroatoms. The van der Waals surface area contributed by atoms with Crippen LogP contribution in [0.5, 0.6) is 0 Å². The summed E-state index contributed by atoms with van der Waals surface area (Å²) >= 11 is 0. The number of likely N-dealkylation sites (N-methyl/N-ethyl adjacent to an activating group) is 1. The minimum Gasteiger partial charge on any atom is -0.315 e. The summed E-state index contributed by atoms with van der Waals surface area (Å²) in [5.74, 6) is -1.08. The predicted octanol–water partition coefficient (Wildman–Crippen LogP) is 4.38. The Balaban J connectivity index is 2.41. The molecule has 0 saturated heterocycles. The van der Waals surface area contributed by atoms with Gasteiger partial charge >= 0.3 is 6.18 Å². The highest BCUT2D eigenvalue weighted by Crippen LogP contribution is 2.35. The Morgan fingerprint density at radius 1 is 1.16 bits per heavy atom. The van der Waals surface area contributed by atoms with Gasteiger partial charge in [-0.15, -0.1) is 0 Å². The lowest BCUT2D eigenvalue weighted by molar-refractivity contribution is -0.385. The van der Waals surface area contributed by atoms with E-state index in [1.807, 2.05) is 0 Å². The molecule has 0 aliphatic carbocycles. The highest BCUT2D eigenvalue weighted by Gasteiger charge is 2.34. The number of hydrogen-bond donors (Lipinski definition) is 0. The van der Waals surface area contributed by atoms with Crippen LogP contribution < -0.4 is 4.90 Å². The molecule has 5 nitrogen and oxygen atoms in total. The zero-order chi connectivity index (χ0) is 18.8. The molecule has 0 heterocycles. The summed E-state index contributed by atoms with van der Waals surface area (Å²) in [5.41, 5.74) is -1.39. The van der Waals surface area contributed by atoms with Gasteiger partial charge in [0.2, 0.25) is 5.91 Å². The average Bonchev–Trinajstić information content (AvgIpc) is 2.59. The standard InChI is InChI=1S/C17H15F3N2O3/c1-11(12-6-4-3-5-7-12)16(23)21(2)14-8-13(17(18,19)20)9-15(10-14)22(24)25/h3-11H,1-2H3. The molecule has 0 fully saturated rings. The lowest BCUT2D eigenvalue weighted by Crippen LogP contribution is -2.30. The predicted molar refractivity (Wildman–Crippen MR) is 86.4 cm³/mol. The number of carbonyl (C=O) groups is 1. The molecular formula is C17H15F3N2O3. The third kappa shape index (κ3) is 4.14. The molecule has 0 aliphatic heterocycles. The fourth-order valence-corrected chi connectivity index (χ4v) is 2.36. The van der Waals surface area contributed by atoms with E-state index in [-0.39, 0.29) is 5.69 Å². The molecule has 2 rings (SSSR count). The summed E-state index contributed by atoms with van der Waals surface area (Å²) in [6.07, 6.45) is -4.75. The highest BCUT2D eigenvalue weighted by molar-refractivity contribution is 5.97. The van der Waals surface area contributed by atoms with Crippen molar-refractivity contribution in [3.8, 4) is 0 Å². The zero-order valence-electron chi connectivity index (χ0n) is 13.4. The van der Waals surface area contributed by atoms with E-state index in [2.05, 4.69) is 0 Å². The van der Waals surface area contributed by atoms with Gasteiger partial charge in [-0.3, -0.25) is 14.9 Å². The van der Waals surface area contributed by atoms with E-state index in [1.54, 1.807) is 37.3 Å². The fraction of sp³-hybridized carbons (Fsp3) is 0.235. The number of anilines is 1. The number of non-ortho nitro benzene ring substituents is 1. The number of rotatable bonds is 4. The second kappa shape index (κ2) is 6.92. The first-order chi connectivity index (χ1) is 11.6. The highest BCUT2D eigenvalue weighted by atomic mass is 19.4. The SMILES string of the molecule is CC(C(=O)N(C)c1cc([N+](=O)[O-])cc(C(F)(F)F)c1)c1ccccc1. The van der Waals surface area contributed by atoms with Crippen LogP contribution in [0.25, 0.3) is 0 Å². The Hall–Kier alpha value is -2.90. The second-order valence-electron chi connectivity index (χ2n) is 5.52. The summed E-state index contributed by atoms with van der Waals surface area (Å²) in [6.45, 7) is 1.62. The van der Waals surface area contributed by atoms with Crippen LogP contribution >= 0.6 is 0 Å². The van der Waals surface area contributed by atoms with E-state index in [4.69, 9.17) is 0 Å². The molecule has 0 N–H and O–H groups in total. The van der Waals surface area contributed by atoms with Crippen molar-refractivity contribution in [3.63, 3.8) is 0 Å². The number of benzene rings is 2. The Morgan fingerprint density at radius 3 is 2.28 bits per heavy atom. The molecular weight excluding hydrogens is 337 g/mol. The minimum absolute atomic E-state index is 0.186. The maximum atomic E-state index is 13.0. The van der Waals surface area contributed by atoms with Crippen molar-refractivity contribution in [3.05, 3.63) is 69.8 Å². The third-order valence-electron chi connectivity index (χ3n) is 3.83. The molecule has 1 unspecified atom stereocenters. The number of amides is 1. The summed E-state index contributed by atoms with van der Waals surface area (Å²) < 4.78 is 38.9. The first kappa shape index (κ1) is 18.4. The van der Waals surface area contributed by atoms with E-state index in [0.717, 1.165) is 17.0 Å². The number of nitro benzene ring substituents is 1. The Morgan fingerprint density at radius 2 is 1.76 bits per heavy atom. The minimum atomic E-state index is -4.75. The van der Waals surface area contributed by atoms with Crippen LogP contribution in [0.4, 0.5) is 24.5 Å². The van der Waals surface area contributed by atoms with Crippen LogP contribution in [-0.2, 0) is 11.0 Å². The quantitative estimate of drug-likeness (QED) is 0.606.